The zero-order valence-electron chi connectivity index (χ0n) is 9.99. The van der Waals surface area contributed by atoms with Crippen LogP contribution in [0.1, 0.15) is 26.0 Å². The molecule has 88 valence electrons. The SMILES string of the molecule is CCNCc1coc(N2CC=C(C)CC2)n1. The molecule has 4 heteroatoms. The van der Waals surface area contributed by atoms with Crippen LogP contribution in [0.25, 0.3) is 0 Å². The first-order valence-electron chi connectivity index (χ1n) is 5.85. The first-order chi connectivity index (χ1) is 7.79. The van der Waals surface area contributed by atoms with Gasteiger partial charge in [0.25, 0.3) is 6.01 Å². The Labute approximate surface area is 96.3 Å². The van der Waals surface area contributed by atoms with Crippen molar-refractivity contribution < 1.29 is 4.42 Å². The van der Waals surface area contributed by atoms with Gasteiger partial charge in [0, 0.05) is 19.6 Å². The Hall–Kier alpha value is -1.29. The molecule has 0 unspecified atom stereocenters. The number of oxazole rings is 1. The summed E-state index contributed by atoms with van der Waals surface area (Å²) in [4.78, 5) is 6.63. The third-order valence-corrected chi connectivity index (χ3v) is 2.80. The lowest BCUT2D eigenvalue weighted by Crippen LogP contribution is -2.28. The molecule has 0 atom stereocenters. The molecule has 0 bridgehead atoms. The molecule has 2 rings (SSSR count). The first-order valence-corrected chi connectivity index (χ1v) is 5.85. The molecule has 2 heterocycles. The average molecular weight is 221 g/mol. The highest BCUT2D eigenvalue weighted by Crippen LogP contribution is 2.18. The van der Waals surface area contributed by atoms with E-state index in [0.717, 1.165) is 44.3 Å². The maximum Gasteiger partial charge on any atom is 0.297 e. The van der Waals surface area contributed by atoms with Crippen LogP contribution in [0.4, 0.5) is 6.01 Å². The lowest BCUT2D eigenvalue weighted by Gasteiger charge is -2.23. The van der Waals surface area contributed by atoms with Gasteiger partial charge in [0.15, 0.2) is 0 Å². The fraction of sp³-hybridized carbons (Fsp3) is 0.583. The largest absolute Gasteiger partial charge is 0.432 e. The number of hydrogen-bond donors (Lipinski definition) is 1. The van der Waals surface area contributed by atoms with Gasteiger partial charge >= 0.3 is 0 Å². The highest BCUT2D eigenvalue weighted by atomic mass is 16.4. The van der Waals surface area contributed by atoms with Gasteiger partial charge in [-0.05, 0) is 19.9 Å². The molecule has 0 fully saturated rings. The Bertz CT molecular complexity index is 370. The van der Waals surface area contributed by atoms with E-state index in [0.29, 0.717) is 0 Å². The molecule has 1 aliphatic rings. The third kappa shape index (κ3) is 2.64. The smallest absolute Gasteiger partial charge is 0.297 e. The number of hydrogen-bond acceptors (Lipinski definition) is 4. The van der Waals surface area contributed by atoms with Crippen LogP contribution in [0.15, 0.2) is 22.3 Å². The van der Waals surface area contributed by atoms with E-state index in [4.69, 9.17) is 4.42 Å². The topological polar surface area (TPSA) is 41.3 Å². The van der Waals surface area contributed by atoms with E-state index >= 15 is 0 Å². The maximum absolute atomic E-state index is 5.48. The van der Waals surface area contributed by atoms with Crippen LogP contribution in [-0.2, 0) is 6.54 Å². The highest BCUT2D eigenvalue weighted by Gasteiger charge is 2.14. The summed E-state index contributed by atoms with van der Waals surface area (Å²) in [6.07, 6.45) is 5.08. The summed E-state index contributed by atoms with van der Waals surface area (Å²) < 4.78 is 5.48. The van der Waals surface area contributed by atoms with Crippen LogP contribution >= 0.6 is 0 Å². The van der Waals surface area contributed by atoms with Gasteiger partial charge in [0.05, 0.1) is 5.69 Å². The van der Waals surface area contributed by atoms with Crippen molar-refractivity contribution in [3.8, 4) is 0 Å². The van der Waals surface area contributed by atoms with E-state index in [2.05, 4.69) is 35.1 Å². The summed E-state index contributed by atoms with van der Waals surface area (Å²) in [6.45, 7) is 7.90. The molecule has 0 amide bonds. The normalized spacial score (nSPS) is 16.4. The Morgan fingerprint density at radius 1 is 1.56 bits per heavy atom. The van der Waals surface area contributed by atoms with Crippen LogP contribution in [0.2, 0.25) is 0 Å². The third-order valence-electron chi connectivity index (χ3n) is 2.80. The maximum atomic E-state index is 5.48. The summed E-state index contributed by atoms with van der Waals surface area (Å²) in [5, 5.41) is 3.23. The van der Waals surface area contributed by atoms with E-state index in [1.165, 1.54) is 5.57 Å². The summed E-state index contributed by atoms with van der Waals surface area (Å²) >= 11 is 0. The lowest BCUT2D eigenvalue weighted by atomic mass is 10.1. The molecule has 0 spiro atoms. The standard InChI is InChI=1S/C12H19N3O/c1-3-13-8-11-9-16-12(14-11)15-6-4-10(2)5-7-15/h4,9,13H,3,5-8H2,1-2H3. The van der Waals surface area contributed by atoms with E-state index in [1.807, 2.05) is 0 Å². The second kappa shape index (κ2) is 5.16. The number of nitrogens with one attached hydrogen (secondary N) is 1. The van der Waals surface area contributed by atoms with Crippen LogP contribution in [0, 0.1) is 0 Å². The van der Waals surface area contributed by atoms with Crippen LogP contribution in [-0.4, -0.2) is 24.6 Å². The molecule has 16 heavy (non-hydrogen) atoms. The number of aromatic nitrogens is 1. The van der Waals surface area contributed by atoms with Crippen LogP contribution in [0.5, 0.6) is 0 Å². The van der Waals surface area contributed by atoms with Crippen LogP contribution in [0.3, 0.4) is 0 Å². The van der Waals surface area contributed by atoms with Gasteiger partial charge in [0.1, 0.15) is 6.26 Å². The minimum Gasteiger partial charge on any atom is -0.432 e. The Kier molecular flexibility index (Phi) is 3.62. The van der Waals surface area contributed by atoms with Crippen molar-refractivity contribution in [2.45, 2.75) is 26.8 Å². The van der Waals surface area contributed by atoms with E-state index in [-0.39, 0.29) is 0 Å². The number of rotatable bonds is 4. The monoisotopic (exact) mass is 221 g/mol. The van der Waals surface area contributed by atoms with Gasteiger partial charge in [-0.2, -0.15) is 4.98 Å². The van der Waals surface area contributed by atoms with Crippen molar-refractivity contribution in [1.82, 2.24) is 10.3 Å². The molecule has 4 nitrogen and oxygen atoms in total. The van der Waals surface area contributed by atoms with Gasteiger partial charge < -0.3 is 14.6 Å². The second-order valence-corrected chi connectivity index (χ2v) is 4.15. The van der Waals surface area contributed by atoms with E-state index in [1.54, 1.807) is 6.26 Å². The Morgan fingerprint density at radius 3 is 3.12 bits per heavy atom. The molecule has 0 saturated carbocycles. The zero-order chi connectivity index (χ0) is 11.4. The fourth-order valence-electron chi connectivity index (χ4n) is 1.72. The quantitative estimate of drug-likeness (QED) is 0.789. The molecule has 1 aromatic heterocycles. The van der Waals surface area contributed by atoms with Crippen molar-refractivity contribution in [3.63, 3.8) is 0 Å². The molecular formula is C12H19N3O. The Balaban J connectivity index is 1.96. The molecule has 1 aromatic rings. The zero-order valence-corrected chi connectivity index (χ0v) is 9.99. The molecule has 0 aromatic carbocycles. The highest BCUT2D eigenvalue weighted by molar-refractivity contribution is 5.31. The number of anilines is 1. The molecule has 1 N–H and O–H groups in total. The van der Waals surface area contributed by atoms with Crippen molar-refractivity contribution in [2.75, 3.05) is 24.5 Å². The van der Waals surface area contributed by atoms with Crippen molar-refractivity contribution in [2.24, 2.45) is 0 Å². The van der Waals surface area contributed by atoms with Gasteiger partial charge in [-0.1, -0.05) is 18.6 Å². The molecule has 0 radical (unpaired) electrons. The predicted molar refractivity (Wildman–Crippen MR) is 64.5 cm³/mol. The second-order valence-electron chi connectivity index (χ2n) is 4.15. The average Bonchev–Trinajstić information content (AvgIpc) is 2.76. The van der Waals surface area contributed by atoms with Gasteiger partial charge in [-0.3, -0.25) is 0 Å². The van der Waals surface area contributed by atoms with E-state index in [9.17, 15) is 0 Å². The molecular weight excluding hydrogens is 202 g/mol. The van der Waals surface area contributed by atoms with Crippen molar-refractivity contribution in [3.05, 3.63) is 23.6 Å². The predicted octanol–water partition coefficient (Wildman–Crippen LogP) is 1.94. The molecule has 0 aliphatic carbocycles. The summed E-state index contributed by atoms with van der Waals surface area (Å²) in [5.41, 5.74) is 2.43. The molecule has 1 aliphatic heterocycles. The summed E-state index contributed by atoms with van der Waals surface area (Å²) in [6, 6.07) is 0.747. The van der Waals surface area contributed by atoms with Crippen molar-refractivity contribution in [1.29, 1.82) is 0 Å². The van der Waals surface area contributed by atoms with Gasteiger partial charge in [0.2, 0.25) is 0 Å². The van der Waals surface area contributed by atoms with E-state index < -0.39 is 0 Å². The minimum absolute atomic E-state index is 0.747. The number of nitrogens with zero attached hydrogens (tertiary/aromatic N) is 2. The summed E-state index contributed by atoms with van der Waals surface area (Å²) in [5.74, 6) is 0. The fourth-order valence-corrected chi connectivity index (χ4v) is 1.72. The lowest BCUT2D eigenvalue weighted by molar-refractivity contribution is 0.534. The Morgan fingerprint density at radius 2 is 2.44 bits per heavy atom. The van der Waals surface area contributed by atoms with Crippen molar-refractivity contribution >= 4 is 6.01 Å². The van der Waals surface area contributed by atoms with Gasteiger partial charge in [-0.25, -0.2) is 0 Å². The van der Waals surface area contributed by atoms with Gasteiger partial charge in [-0.15, -0.1) is 0 Å². The minimum atomic E-state index is 0.747. The summed E-state index contributed by atoms with van der Waals surface area (Å²) in [7, 11) is 0. The molecule has 0 saturated heterocycles. The first kappa shape index (κ1) is 11.2. The van der Waals surface area contributed by atoms with Crippen LogP contribution < -0.4 is 10.2 Å².